The van der Waals surface area contributed by atoms with Crippen LogP contribution in [-0.4, -0.2) is 104 Å². The molecule has 0 aliphatic rings. The van der Waals surface area contributed by atoms with E-state index in [-0.39, 0.29) is 37.8 Å². The molecule has 0 aliphatic heterocycles. The second-order valence-electron chi connectivity index (χ2n) is 15.6. The van der Waals surface area contributed by atoms with E-state index in [0.29, 0.717) is 24.2 Å². The molecule has 0 aliphatic carbocycles. The maximum absolute atomic E-state index is 14.2. The van der Waals surface area contributed by atoms with Crippen LogP contribution in [-0.2, 0) is 35.5 Å². The first-order valence-electron chi connectivity index (χ1n) is 20.7. The number of nitrogens with one attached hydrogen (secondary N) is 4. The fourth-order valence-corrected chi connectivity index (χ4v) is 6.77. The van der Waals surface area contributed by atoms with Gasteiger partial charge < -0.3 is 41.3 Å². The van der Waals surface area contributed by atoms with Crippen molar-refractivity contribution in [3.05, 3.63) is 132 Å². The summed E-state index contributed by atoms with van der Waals surface area (Å²) in [5.74, 6) is -1.65. The maximum atomic E-state index is 14.2. The van der Waals surface area contributed by atoms with Crippen LogP contribution in [0.1, 0.15) is 63.1 Å². The number of pyridine rings is 2. The summed E-state index contributed by atoms with van der Waals surface area (Å²) in [4.78, 5) is 66.8. The molecule has 4 rings (SSSR count). The van der Waals surface area contributed by atoms with Gasteiger partial charge in [-0.25, -0.2) is 9.59 Å². The first-order chi connectivity index (χ1) is 28.8. The van der Waals surface area contributed by atoms with Gasteiger partial charge in [-0.3, -0.25) is 19.6 Å². The second-order valence-corrected chi connectivity index (χ2v) is 15.6. The van der Waals surface area contributed by atoms with Crippen molar-refractivity contribution in [3.8, 4) is 0 Å². The van der Waals surface area contributed by atoms with Gasteiger partial charge in [0.05, 0.1) is 36.6 Å². The van der Waals surface area contributed by atoms with E-state index in [1.54, 1.807) is 50.8 Å². The van der Waals surface area contributed by atoms with Gasteiger partial charge in [0.2, 0.25) is 11.8 Å². The van der Waals surface area contributed by atoms with Crippen LogP contribution in [0.25, 0.3) is 0 Å². The third-order valence-electron chi connectivity index (χ3n) is 10.9. The fraction of sp³-hybridized carbons (Fsp3) is 0.435. The fourth-order valence-electron chi connectivity index (χ4n) is 6.77. The second kappa shape index (κ2) is 23.7. The zero-order valence-electron chi connectivity index (χ0n) is 35.6. The summed E-state index contributed by atoms with van der Waals surface area (Å²) in [6, 6.07) is 24.3. The molecule has 60 heavy (non-hydrogen) atoms. The van der Waals surface area contributed by atoms with Gasteiger partial charge in [0.1, 0.15) is 24.3 Å². The van der Waals surface area contributed by atoms with Gasteiger partial charge in [-0.15, -0.1) is 0 Å². The average molecular weight is 823 g/mol. The molecule has 0 fully saturated rings. The summed E-state index contributed by atoms with van der Waals surface area (Å²) in [6.07, 6.45) is 1.49. The standard InChI is InChI=1S/C46H62N8O6/c1-7-31(3)39(51-45(59)53(5)29-35-23-15-17-25-47-35)43(57)49-37(27-33-19-11-9-12-20-33)41(55)42(56)38(28-34-21-13-10-14-22-34)50-44(58)40(32(4)8-2)52-46(60)54(6)30-36-24-16-18-26-48-36/h9-26,31-32,37-42,55-56H,7-8,27-30H2,1-6H3,(H,49,57)(H,50,58)(H,51,59)(H,52,60)/t31-,32-,37-,38-,39-,40-,41-,42+/m0/s1. The van der Waals surface area contributed by atoms with Gasteiger partial charge >= 0.3 is 12.1 Å². The Balaban J connectivity index is 1.59. The van der Waals surface area contributed by atoms with Crippen molar-refractivity contribution in [1.82, 2.24) is 41.0 Å². The van der Waals surface area contributed by atoms with Gasteiger partial charge in [-0.1, -0.05) is 113 Å². The molecule has 0 spiro atoms. The Bertz CT molecular complexity index is 1770. The van der Waals surface area contributed by atoms with E-state index >= 15 is 0 Å². The Hall–Kier alpha value is -5.86. The third kappa shape index (κ3) is 14.2. The minimum Gasteiger partial charge on any atom is -0.388 e. The first-order valence-corrected chi connectivity index (χ1v) is 20.7. The Kier molecular flexibility index (Phi) is 18.5. The van der Waals surface area contributed by atoms with Crippen molar-refractivity contribution >= 4 is 23.9 Å². The number of rotatable bonds is 21. The highest BCUT2D eigenvalue weighted by atomic mass is 16.3. The zero-order valence-corrected chi connectivity index (χ0v) is 35.6. The normalized spacial score (nSPS) is 15.1. The minimum absolute atomic E-state index is 0.131. The molecule has 14 nitrogen and oxygen atoms in total. The SMILES string of the molecule is CC[C@H](C)[C@H](NC(=O)N(C)Cc1ccccn1)C(=O)N[C@@H](Cc1ccccc1)[C@H](O)[C@H](O)[C@H](Cc1ccccc1)NC(=O)[C@@H](NC(=O)N(C)Cc1ccccn1)[C@@H](C)CC. The largest absolute Gasteiger partial charge is 0.388 e. The molecule has 0 saturated carbocycles. The Morgan fingerprint density at radius 3 is 1.22 bits per heavy atom. The van der Waals surface area contributed by atoms with Crippen LogP contribution in [0.4, 0.5) is 9.59 Å². The predicted molar refractivity (Wildman–Crippen MR) is 231 cm³/mol. The van der Waals surface area contributed by atoms with Crippen LogP contribution in [0, 0.1) is 11.8 Å². The van der Waals surface area contributed by atoms with Crippen molar-refractivity contribution in [3.63, 3.8) is 0 Å². The first kappa shape index (κ1) is 46.8. The van der Waals surface area contributed by atoms with E-state index in [0.717, 1.165) is 11.1 Å². The molecule has 0 radical (unpaired) electrons. The van der Waals surface area contributed by atoms with Crippen LogP contribution in [0.3, 0.4) is 0 Å². The molecule has 6 N–H and O–H groups in total. The van der Waals surface area contributed by atoms with E-state index in [1.807, 2.05) is 100 Å². The Labute approximate surface area is 354 Å². The summed E-state index contributed by atoms with van der Waals surface area (Å²) in [7, 11) is 3.24. The van der Waals surface area contributed by atoms with E-state index in [4.69, 9.17) is 0 Å². The smallest absolute Gasteiger partial charge is 0.318 e. The molecular weight excluding hydrogens is 761 g/mol. The lowest BCUT2D eigenvalue weighted by molar-refractivity contribution is -0.129. The maximum Gasteiger partial charge on any atom is 0.318 e. The molecule has 322 valence electrons. The molecule has 2 aromatic carbocycles. The van der Waals surface area contributed by atoms with Gasteiger partial charge in [0.15, 0.2) is 0 Å². The highest BCUT2D eigenvalue weighted by molar-refractivity contribution is 5.88. The minimum atomic E-state index is -1.59. The molecule has 0 saturated heterocycles. The molecule has 0 unspecified atom stereocenters. The number of carbonyl (C=O) groups excluding carboxylic acids is 4. The molecule has 14 heteroatoms. The van der Waals surface area contributed by atoms with Crippen LogP contribution in [0.2, 0.25) is 0 Å². The van der Waals surface area contributed by atoms with E-state index < -0.39 is 60.3 Å². The quantitative estimate of drug-likeness (QED) is 0.0711. The molecule has 4 aromatic rings. The van der Waals surface area contributed by atoms with Crippen molar-refractivity contribution in [2.75, 3.05) is 14.1 Å². The number of aromatic nitrogens is 2. The van der Waals surface area contributed by atoms with E-state index in [2.05, 4.69) is 31.2 Å². The highest BCUT2D eigenvalue weighted by Gasteiger charge is 2.38. The molecule has 2 heterocycles. The number of nitrogens with zero attached hydrogens (tertiary/aromatic N) is 4. The monoisotopic (exact) mass is 822 g/mol. The van der Waals surface area contributed by atoms with Crippen molar-refractivity contribution in [2.24, 2.45) is 11.8 Å². The number of benzene rings is 2. The van der Waals surface area contributed by atoms with Crippen LogP contribution in [0.15, 0.2) is 109 Å². The van der Waals surface area contributed by atoms with Gasteiger partial charge in [-0.2, -0.15) is 0 Å². The lowest BCUT2D eigenvalue weighted by atomic mass is 9.89. The molecule has 8 atom stereocenters. The van der Waals surface area contributed by atoms with Crippen molar-refractivity contribution in [2.45, 2.75) is 103 Å². The number of amides is 6. The summed E-state index contributed by atoms with van der Waals surface area (Å²) in [5, 5.41) is 35.9. The molecule has 6 amide bonds. The number of urea groups is 2. The van der Waals surface area contributed by atoms with E-state index in [9.17, 15) is 29.4 Å². The van der Waals surface area contributed by atoms with Gasteiger partial charge in [0.25, 0.3) is 0 Å². The number of carbonyl (C=O) groups is 4. The summed E-state index contributed by atoms with van der Waals surface area (Å²) in [5.41, 5.74) is 2.93. The van der Waals surface area contributed by atoms with Crippen LogP contribution < -0.4 is 21.3 Å². The van der Waals surface area contributed by atoms with Crippen molar-refractivity contribution < 1.29 is 29.4 Å². The van der Waals surface area contributed by atoms with Gasteiger partial charge in [-0.05, 0) is 60.1 Å². The van der Waals surface area contributed by atoms with Crippen molar-refractivity contribution in [1.29, 1.82) is 0 Å². The third-order valence-corrected chi connectivity index (χ3v) is 10.9. The Morgan fingerprint density at radius 1 is 0.550 bits per heavy atom. The lowest BCUT2D eigenvalue weighted by Gasteiger charge is -2.35. The number of hydrogen-bond acceptors (Lipinski definition) is 8. The molecule has 2 aromatic heterocycles. The molecule has 0 bridgehead atoms. The number of hydrogen-bond donors (Lipinski definition) is 6. The van der Waals surface area contributed by atoms with Crippen LogP contribution in [0.5, 0.6) is 0 Å². The van der Waals surface area contributed by atoms with E-state index in [1.165, 1.54) is 9.80 Å². The number of aliphatic hydroxyl groups is 2. The van der Waals surface area contributed by atoms with Crippen LogP contribution >= 0.6 is 0 Å². The molecular formula is C46H62N8O6. The summed E-state index contributed by atoms with van der Waals surface area (Å²) < 4.78 is 0. The highest BCUT2D eigenvalue weighted by Crippen LogP contribution is 2.18. The summed E-state index contributed by atoms with van der Waals surface area (Å²) in [6.45, 7) is 7.99. The lowest BCUT2D eigenvalue weighted by Crippen LogP contribution is -2.62. The Morgan fingerprint density at radius 2 is 0.900 bits per heavy atom. The average Bonchev–Trinajstić information content (AvgIpc) is 3.26. The topological polar surface area (TPSA) is 189 Å². The predicted octanol–water partition coefficient (Wildman–Crippen LogP) is 4.47. The zero-order chi connectivity index (χ0) is 43.6. The number of aliphatic hydroxyl groups excluding tert-OH is 2. The summed E-state index contributed by atoms with van der Waals surface area (Å²) >= 11 is 0. The van der Waals surface area contributed by atoms with Gasteiger partial charge in [0, 0.05) is 26.5 Å².